The SMILES string of the molecule is CCC1CCCC1NC(=O)C1CC2CCCC(C1)C2N.Cl. The Morgan fingerprint density at radius 2 is 1.71 bits per heavy atom. The summed E-state index contributed by atoms with van der Waals surface area (Å²) >= 11 is 0. The predicted octanol–water partition coefficient (Wildman–Crippen LogP) is 3.26. The van der Waals surface area contributed by atoms with Gasteiger partial charge in [0.1, 0.15) is 0 Å². The van der Waals surface area contributed by atoms with Gasteiger partial charge in [-0.05, 0) is 56.3 Å². The molecule has 4 unspecified atom stereocenters. The summed E-state index contributed by atoms with van der Waals surface area (Å²) in [6, 6.07) is 0.811. The zero-order valence-corrected chi connectivity index (χ0v) is 14.0. The van der Waals surface area contributed by atoms with Crippen molar-refractivity contribution in [3.8, 4) is 0 Å². The fourth-order valence-electron chi connectivity index (χ4n) is 5.02. The van der Waals surface area contributed by atoms with E-state index in [1.807, 2.05) is 0 Å². The molecule has 0 aromatic carbocycles. The molecule has 0 saturated heterocycles. The van der Waals surface area contributed by atoms with E-state index in [0.717, 1.165) is 12.8 Å². The number of rotatable bonds is 3. The zero-order chi connectivity index (χ0) is 14.1. The van der Waals surface area contributed by atoms with Crippen LogP contribution in [0.15, 0.2) is 0 Å². The molecule has 3 rings (SSSR count). The van der Waals surface area contributed by atoms with E-state index >= 15 is 0 Å². The van der Waals surface area contributed by atoms with Gasteiger partial charge in [0.25, 0.3) is 0 Å². The molecule has 0 aliphatic heterocycles. The highest BCUT2D eigenvalue weighted by Gasteiger charge is 2.41. The third-order valence-corrected chi connectivity index (χ3v) is 6.29. The Labute approximate surface area is 135 Å². The van der Waals surface area contributed by atoms with Crippen molar-refractivity contribution in [2.24, 2.45) is 29.4 Å². The summed E-state index contributed by atoms with van der Waals surface area (Å²) in [6.07, 6.45) is 10.8. The maximum absolute atomic E-state index is 12.6. The summed E-state index contributed by atoms with van der Waals surface area (Å²) in [5.74, 6) is 2.49. The maximum Gasteiger partial charge on any atom is 0.223 e. The molecular weight excluding hydrogens is 284 g/mol. The molecule has 122 valence electrons. The molecule has 2 bridgehead atoms. The van der Waals surface area contributed by atoms with Crippen LogP contribution >= 0.6 is 12.4 Å². The van der Waals surface area contributed by atoms with Crippen LogP contribution in [-0.4, -0.2) is 18.0 Å². The first-order valence-corrected chi connectivity index (χ1v) is 8.75. The fraction of sp³-hybridized carbons (Fsp3) is 0.941. The summed E-state index contributed by atoms with van der Waals surface area (Å²) in [6.45, 7) is 2.25. The van der Waals surface area contributed by atoms with E-state index in [-0.39, 0.29) is 18.3 Å². The lowest BCUT2D eigenvalue weighted by Gasteiger charge is -2.43. The summed E-state index contributed by atoms with van der Waals surface area (Å²) in [5.41, 5.74) is 6.32. The van der Waals surface area contributed by atoms with Crippen molar-refractivity contribution in [1.29, 1.82) is 0 Å². The highest BCUT2D eigenvalue weighted by molar-refractivity contribution is 5.85. The normalized spacial score (nSPS) is 42.2. The second-order valence-electron chi connectivity index (χ2n) is 7.41. The van der Waals surface area contributed by atoms with Crippen molar-refractivity contribution in [2.75, 3.05) is 0 Å². The fourth-order valence-corrected chi connectivity index (χ4v) is 5.02. The number of carbonyl (C=O) groups is 1. The van der Waals surface area contributed by atoms with Crippen LogP contribution in [0, 0.1) is 23.7 Å². The van der Waals surface area contributed by atoms with Crippen molar-refractivity contribution in [3.05, 3.63) is 0 Å². The Hall–Kier alpha value is -0.280. The maximum atomic E-state index is 12.6. The van der Waals surface area contributed by atoms with Crippen LogP contribution in [0.2, 0.25) is 0 Å². The molecule has 3 aliphatic rings. The summed E-state index contributed by atoms with van der Waals surface area (Å²) < 4.78 is 0. The average molecular weight is 315 g/mol. The molecule has 3 N–H and O–H groups in total. The van der Waals surface area contributed by atoms with Gasteiger partial charge in [-0.3, -0.25) is 4.79 Å². The van der Waals surface area contributed by atoms with E-state index in [9.17, 15) is 4.79 Å². The minimum atomic E-state index is 0. The third-order valence-electron chi connectivity index (χ3n) is 6.29. The molecule has 3 aliphatic carbocycles. The van der Waals surface area contributed by atoms with Crippen LogP contribution in [0.3, 0.4) is 0 Å². The van der Waals surface area contributed by atoms with Crippen LogP contribution in [0.1, 0.15) is 64.7 Å². The smallest absolute Gasteiger partial charge is 0.223 e. The molecule has 0 aromatic rings. The Bertz CT molecular complexity index is 349. The third kappa shape index (κ3) is 3.56. The Morgan fingerprint density at radius 1 is 1.10 bits per heavy atom. The van der Waals surface area contributed by atoms with Gasteiger partial charge < -0.3 is 11.1 Å². The number of carbonyl (C=O) groups excluding carboxylic acids is 1. The van der Waals surface area contributed by atoms with Gasteiger partial charge in [0.05, 0.1) is 0 Å². The lowest BCUT2D eigenvalue weighted by atomic mass is 9.65. The first-order chi connectivity index (χ1) is 9.69. The van der Waals surface area contributed by atoms with Crippen molar-refractivity contribution in [1.82, 2.24) is 5.32 Å². The van der Waals surface area contributed by atoms with Gasteiger partial charge in [-0.15, -0.1) is 12.4 Å². The topological polar surface area (TPSA) is 55.1 Å². The van der Waals surface area contributed by atoms with Gasteiger partial charge >= 0.3 is 0 Å². The van der Waals surface area contributed by atoms with E-state index in [1.165, 1.54) is 44.9 Å². The average Bonchev–Trinajstić information content (AvgIpc) is 2.85. The van der Waals surface area contributed by atoms with E-state index in [0.29, 0.717) is 35.7 Å². The van der Waals surface area contributed by atoms with Crippen molar-refractivity contribution in [3.63, 3.8) is 0 Å². The lowest BCUT2D eigenvalue weighted by Crippen LogP contribution is -2.50. The van der Waals surface area contributed by atoms with Gasteiger partial charge in [0, 0.05) is 18.0 Å². The molecule has 0 spiro atoms. The first-order valence-electron chi connectivity index (χ1n) is 8.75. The molecule has 0 heterocycles. The van der Waals surface area contributed by atoms with Gasteiger partial charge in [0.2, 0.25) is 5.91 Å². The Balaban J connectivity index is 0.00000161. The van der Waals surface area contributed by atoms with Crippen LogP contribution in [0.4, 0.5) is 0 Å². The minimum absolute atomic E-state index is 0. The summed E-state index contributed by atoms with van der Waals surface area (Å²) in [4.78, 5) is 12.6. The standard InChI is InChI=1S/C17H30N2O.ClH/c1-2-11-5-4-8-15(11)19-17(20)14-9-12-6-3-7-13(10-14)16(12)18;/h11-16H,2-10,18H2,1H3,(H,19,20);1H. The molecule has 21 heavy (non-hydrogen) atoms. The quantitative estimate of drug-likeness (QED) is 0.840. The number of fused-ring (bicyclic) bond motifs is 2. The van der Waals surface area contributed by atoms with E-state index in [2.05, 4.69) is 12.2 Å². The molecule has 1 amide bonds. The summed E-state index contributed by atoms with van der Waals surface area (Å²) in [7, 11) is 0. The second-order valence-corrected chi connectivity index (χ2v) is 7.41. The largest absolute Gasteiger partial charge is 0.353 e. The zero-order valence-electron chi connectivity index (χ0n) is 13.2. The minimum Gasteiger partial charge on any atom is -0.353 e. The van der Waals surface area contributed by atoms with Gasteiger partial charge in [-0.1, -0.05) is 26.2 Å². The molecule has 0 radical (unpaired) electrons. The monoisotopic (exact) mass is 314 g/mol. The molecule has 3 nitrogen and oxygen atoms in total. The molecule has 4 atom stereocenters. The Morgan fingerprint density at radius 3 is 2.33 bits per heavy atom. The molecule has 3 fully saturated rings. The summed E-state index contributed by atoms with van der Waals surface area (Å²) in [5, 5.41) is 3.37. The second kappa shape index (κ2) is 7.32. The molecular formula is C17H31ClN2O. The van der Waals surface area contributed by atoms with E-state index in [1.54, 1.807) is 0 Å². The first kappa shape index (κ1) is 17.1. The number of hydrogen-bond donors (Lipinski definition) is 2. The van der Waals surface area contributed by atoms with Crippen molar-refractivity contribution >= 4 is 18.3 Å². The van der Waals surface area contributed by atoms with E-state index < -0.39 is 0 Å². The van der Waals surface area contributed by atoms with Crippen LogP contribution in [-0.2, 0) is 4.79 Å². The van der Waals surface area contributed by atoms with Gasteiger partial charge in [-0.25, -0.2) is 0 Å². The molecule has 3 saturated carbocycles. The number of amides is 1. The van der Waals surface area contributed by atoms with Crippen LogP contribution < -0.4 is 11.1 Å². The van der Waals surface area contributed by atoms with Crippen LogP contribution in [0.5, 0.6) is 0 Å². The Kier molecular flexibility index (Phi) is 5.96. The van der Waals surface area contributed by atoms with Crippen LogP contribution in [0.25, 0.3) is 0 Å². The van der Waals surface area contributed by atoms with E-state index in [4.69, 9.17) is 5.73 Å². The molecule has 0 aromatic heterocycles. The highest BCUT2D eigenvalue weighted by atomic mass is 35.5. The van der Waals surface area contributed by atoms with Crippen molar-refractivity contribution < 1.29 is 4.79 Å². The predicted molar refractivity (Wildman–Crippen MR) is 88.3 cm³/mol. The number of halogens is 1. The molecule has 4 heteroatoms. The highest BCUT2D eigenvalue weighted by Crippen LogP contribution is 2.42. The van der Waals surface area contributed by atoms with Gasteiger partial charge in [0.15, 0.2) is 0 Å². The van der Waals surface area contributed by atoms with Crippen molar-refractivity contribution in [2.45, 2.75) is 76.8 Å². The lowest BCUT2D eigenvalue weighted by molar-refractivity contribution is -0.128. The number of hydrogen-bond acceptors (Lipinski definition) is 2. The van der Waals surface area contributed by atoms with Gasteiger partial charge in [-0.2, -0.15) is 0 Å². The number of nitrogens with two attached hydrogens (primary N) is 1. The number of nitrogens with one attached hydrogen (secondary N) is 1.